The van der Waals surface area contributed by atoms with Crippen LogP contribution < -0.4 is 14.4 Å². The van der Waals surface area contributed by atoms with Crippen molar-refractivity contribution in [3.63, 3.8) is 0 Å². The standard InChI is InChI=1S/C24H23Cl2NO2/c1-28-22-13-17-9-10-27(15-16-5-3-7-19(25)11-16)24(21(17)14-23(22)29-2)18-6-4-8-20(26)12-18/h3-8,11-14,24H,9-10,15H2,1-2H3/p+1/t24-/m1/s1. The van der Waals surface area contributed by atoms with Gasteiger partial charge in [-0.25, -0.2) is 0 Å². The summed E-state index contributed by atoms with van der Waals surface area (Å²) >= 11 is 12.6. The molecule has 3 aromatic carbocycles. The average molecular weight is 429 g/mol. The average Bonchev–Trinajstić information content (AvgIpc) is 2.72. The van der Waals surface area contributed by atoms with Crippen LogP contribution >= 0.6 is 23.2 Å². The van der Waals surface area contributed by atoms with Crippen LogP contribution in [0.2, 0.25) is 10.0 Å². The van der Waals surface area contributed by atoms with Crippen molar-refractivity contribution in [2.45, 2.75) is 19.0 Å². The number of nitrogens with one attached hydrogen (secondary N) is 1. The molecule has 5 heteroatoms. The van der Waals surface area contributed by atoms with E-state index in [9.17, 15) is 0 Å². The summed E-state index contributed by atoms with van der Waals surface area (Å²) in [4.78, 5) is 1.45. The third-order valence-electron chi connectivity index (χ3n) is 5.58. The van der Waals surface area contributed by atoms with Crippen LogP contribution in [0.3, 0.4) is 0 Å². The Morgan fingerprint density at radius 1 is 0.897 bits per heavy atom. The highest BCUT2D eigenvalue weighted by Gasteiger charge is 2.34. The second-order valence-electron chi connectivity index (χ2n) is 7.36. The number of quaternary nitrogens is 1. The van der Waals surface area contributed by atoms with Gasteiger partial charge in [0.15, 0.2) is 11.5 Å². The Labute approximate surface area is 181 Å². The summed E-state index contributed by atoms with van der Waals surface area (Å²) in [7, 11) is 3.36. The number of fused-ring (bicyclic) bond motifs is 1. The van der Waals surface area contributed by atoms with Crippen LogP contribution in [-0.2, 0) is 13.0 Å². The van der Waals surface area contributed by atoms with Gasteiger partial charge in [-0.15, -0.1) is 0 Å². The fourth-order valence-corrected chi connectivity index (χ4v) is 4.69. The van der Waals surface area contributed by atoms with E-state index in [1.165, 1.54) is 27.2 Å². The molecule has 0 spiro atoms. The summed E-state index contributed by atoms with van der Waals surface area (Å²) in [5.74, 6) is 1.52. The van der Waals surface area contributed by atoms with Gasteiger partial charge in [0.1, 0.15) is 12.6 Å². The summed E-state index contributed by atoms with van der Waals surface area (Å²) in [6.07, 6.45) is 0.975. The first kappa shape index (κ1) is 20.1. The maximum absolute atomic E-state index is 6.35. The van der Waals surface area contributed by atoms with E-state index >= 15 is 0 Å². The van der Waals surface area contributed by atoms with Crippen molar-refractivity contribution in [3.8, 4) is 11.5 Å². The van der Waals surface area contributed by atoms with Crippen LogP contribution in [0.4, 0.5) is 0 Å². The minimum absolute atomic E-state index is 0.149. The summed E-state index contributed by atoms with van der Waals surface area (Å²) < 4.78 is 11.1. The van der Waals surface area contributed by atoms with Crippen molar-refractivity contribution < 1.29 is 14.4 Å². The monoisotopic (exact) mass is 428 g/mol. The molecular formula is C24H24Cl2NO2+. The molecule has 1 aliphatic heterocycles. The minimum Gasteiger partial charge on any atom is -0.493 e. The van der Waals surface area contributed by atoms with E-state index < -0.39 is 0 Å². The SMILES string of the molecule is COc1cc2c(cc1OC)[C@@H](c1cccc(Cl)c1)[NH+](Cc1cccc(Cl)c1)CC2. The van der Waals surface area contributed by atoms with Gasteiger partial charge in [0.2, 0.25) is 0 Å². The molecule has 1 aliphatic rings. The maximum atomic E-state index is 6.35. The second-order valence-corrected chi connectivity index (χ2v) is 8.23. The molecule has 0 bridgehead atoms. The predicted octanol–water partition coefficient (Wildman–Crippen LogP) is 4.74. The molecule has 0 saturated heterocycles. The predicted molar refractivity (Wildman–Crippen MR) is 118 cm³/mol. The van der Waals surface area contributed by atoms with Gasteiger partial charge in [0, 0.05) is 33.2 Å². The fraction of sp³-hybridized carbons (Fsp3) is 0.250. The molecule has 3 nitrogen and oxygen atoms in total. The van der Waals surface area contributed by atoms with Crippen molar-refractivity contribution in [2.24, 2.45) is 0 Å². The Kier molecular flexibility index (Phi) is 6.00. The zero-order valence-corrected chi connectivity index (χ0v) is 18.1. The van der Waals surface area contributed by atoms with E-state index in [0.29, 0.717) is 0 Å². The molecular weight excluding hydrogens is 405 g/mol. The van der Waals surface area contributed by atoms with Gasteiger partial charge in [-0.2, -0.15) is 0 Å². The van der Waals surface area contributed by atoms with Gasteiger partial charge in [0.25, 0.3) is 0 Å². The fourth-order valence-electron chi connectivity index (χ4n) is 4.28. The Morgan fingerprint density at radius 3 is 2.28 bits per heavy atom. The number of hydrogen-bond acceptors (Lipinski definition) is 2. The number of ether oxygens (including phenoxy) is 2. The maximum Gasteiger partial charge on any atom is 0.161 e. The Morgan fingerprint density at radius 2 is 1.59 bits per heavy atom. The molecule has 4 rings (SSSR count). The number of halogens is 2. The van der Waals surface area contributed by atoms with Gasteiger partial charge < -0.3 is 14.4 Å². The van der Waals surface area contributed by atoms with Crippen molar-refractivity contribution >= 4 is 23.2 Å². The zero-order valence-electron chi connectivity index (χ0n) is 16.5. The van der Waals surface area contributed by atoms with Crippen molar-refractivity contribution in [2.75, 3.05) is 20.8 Å². The highest BCUT2D eigenvalue weighted by atomic mass is 35.5. The Hall–Kier alpha value is -2.20. The largest absolute Gasteiger partial charge is 0.493 e. The first-order valence-electron chi connectivity index (χ1n) is 9.68. The van der Waals surface area contributed by atoms with Crippen LogP contribution in [0.25, 0.3) is 0 Å². The van der Waals surface area contributed by atoms with Crippen molar-refractivity contribution in [1.29, 1.82) is 0 Å². The molecule has 3 aromatic rings. The molecule has 0 saturated carbocycles. The summed E-state index contributed by atoms with van der Waals surface area (Å²) in [6.45, 7) is 1.89. The van der Waals surface area contributed by atoms with Gasteiger partial charge in [-0.05, 0) is 42.0 Å². The van der Waals surface area contributed by atoms with E-state index in [-0.39, 0.29) is 6.04 Å². The molecule has 1 heterocycles. The summed E-state index contributed by atoms with van der Waals surface area (Å²) in [5.41, 5.74) is 4.97. The lowest BCUT2D eigenvalue weighted by atomic mass is 9.87. The third-order valence-corrected chi connectivity index (χ3v) is 6.05. The van der Waals surface area contributed by atoms with E-state index in [1.54, 1.807) is 14.2 Å². The lowest BCUT2D eigenvalue weighted by Crippen LogP contribution is -3.12. The molecule has 0 radical (unpaired) electrons. The molecule has 1 N–H and O–H groups in total. The van der Waals surface area contributed by atoms with Crippen LogP contribution in [-0.4, -0.2) is 20.8 Å². The molecule has 0 amide bonds. The van der Waals surface area contributed by atoms with Crippen LogP contribution in [0, 0.1) is 0 Å². The van der Waals surface area contributed by atoms with Gasteiger partial charge in [-0.3, -0.25) is 0 Å². The van der Waals surface area contributed by atoms with Crippen molar-refractivity contribution in [3.05, 3.63) is 93.0 Å². The van der Waals surface area contributed by atoms with E-state index in [1.807, 2.05) is 30.3 Å². The van der Waals surface area contributed by atoms with Crippen LogP contribution in [0.1, 0.15) is 28.3 Å². The minimum atomic E-state index is 0.149. The second kappa shape index (κ2) is 8.66. The topological polar surface area (TPSA) is 22.9 Å². The van der Waals surface area contributed by atoms with E-state index in [0.717, 1.165) is 41.1 Å². The Balaban J connectivity index is 1.80. The van der Waals surface area contributed by atoms with Crippen molar-refractivity contribution in [1.82, 2.24) is 0 Å². The third kappa shape index (κ3) is 4.23. The molecule has 2 atom stereocenters. The van der Waals surface area contributed by atoms with Crippen LogP contribution in [0.5, 0.6) is 11.5 Å². The zero-order chi connectivity index (χ0) is 20.4. The molecule has 29 heavy (non-hydrogen) atoms. The van der Waals surface area contributed by atoms with Gasteiger partial charge >= 0.3 is 0 Å². The lowest BCUT2D eigenvalue weighted by molar-refractivity contribution is -0.941. The van der Waals surface area contributed by atoms with E-state index in [4.69, 9.17) is 32.7 Å². The number of methoxy groups -OCH3 is 2. The molecule has 0 aromatic heterocycles. The van der Waals surface area contributed by atoms with Gasteiger partial charge in [-0.1, -0.05) is 47.5 Å². The van der Waals surface area contributed by atoms with Crippen LogP contribution in [0.15, 0.2) is 60.7 Å². The number of rotatable bonds is 5. The lowest BCUT2D eigenvalue weighted by Gasteiger charge is -2.35. The van der Waals surface area contributed by atoms with E-state index in [2.05, 4.69) is 30.3 Å². The smallest absolute Gasteiger partial charge is 0.161 e. The molecule has 0 aliphatic carbocycles. The quantitative estimate of drug-likeness (QED) is 0.633. The molecule has 150 valence electrons. The summed E-state index contributed by atoms with van der Waals surface area (Å²) in [5, 5.41) is 1.52. The normalized spacial score (nSPS) is 18.2. The number of hydrogen-bond donors (Lipinski definition) is 1. The molecule has 1 unspecified atom stereocenters. The Bertz CT molecular complexity index is 1020. The summed E-state index contributed by atoms with van der Waals surface area (Å²) in [6, 6.07) is 20.6. The number of benzene rings is 3. The highest BCUT2D eigenvalue weighted by molar-refractivity contribution is 6.30. The highest BCUT2D eigenvalue weighted by Crippen LogP contribution is 2.36. The molecule has 0 fully saturated rings. The van der Waals surface area contributed by atoms with Gasteiger partial charge in [0.05, 0.1) is 20.8 Å². The first-order chi connectivity index (χ1) is 14.1. The first-order valence-corrected chi connectivity index (χ1v) is 10.4.